The summed E-state index contributed by atoms with van der Waals surface area (Å²) in [6, 6.07) is 0. The summed E-state index contributed by atoms with van der Waals surface area (Å²) in [6.07, 6.45) is 8.41. The van der Waals surface area contributed by atoms with Crippen LogP contribution in [0.1, 0.15) is 65.7 Å². The van der Waals surface area contributed by atoms with Crippen molar-refractivity contribution in [3.8, 4) is 0 Å². The fraction of sp³-hybridized carbons (Fsp3) is 0.944. The Balaban J connectivity index is 1.79. The van der Waals surface area contributed by atoms with E-state index in [1.807, 2.05) is 0 Å². The molecule has 1 saturated heterocycles. The zero-order valence-corrected chi connectivity index (χ0v) is 13.7. The summed E-state index contributed by atoms with van der Waals surface area (Å²) in [6.45, 7) is 10.4. The first-order chi connectivity index (χ1) is 9.60. The first kappa shape index (κ1) is 16.0. The van der Waals surface area contributed by atoms with Crippen molar-refractivity contribution in [1.29, 1.82) is 0 Å². The Morgan fingerprint density at radius 2 is 1.90 bits per heavy atom. The van der Waals surface area contributed by atoms with Crippen LogP contribution in [0.25, 0.3) is 0 Å². The molecule has 2 nitrogen and oxygen atoms in total. The number of piperidine rings is 1. The summed E-state index contributed by atoms with van der Waals surface area (Å²) in [4.78, 5) is 14.7. The van der Waals surface area contributed by atoms with E-state index in [2.05, 4.69) is 25.7 Å². The Hall–Kier alpha value is -0.370. The molecule has 0 bridgehead atoms. The summed E-state index contributed by atoms with van der Waals surface area (Å²) in [7, 11) is 0. The van der Waals surface area contributed by atoms with Crippen LogP contribution in [0.15, 0.2) is 0 Å². The van der Waals surface area contributed by atoms with E-state index in [9.17, 15) is 4.79 Å². The van der Waals surface area contributed by atoms with E-state index in [4.69, 9.17) is 0 Å². The Morgan fingerprint density at radius 3 is 2.50 bits per heavy atom. The van der Waals surface area contributed by atoms with Crippen LogP contribution in [0, 0.1) is 23.7 Å². The molecule has 2 aliphatic rings. The molecule has 20 heavy (non-hydrogen) atoms. The molecule has 2 atom stereocenters. The highest BCUT2D eigenvalue weighted by molar-refractivity contribution is 5.81. The Bertz CT molecular complexity index is 305. The molecule has 1 aliphatic carbocycles. The minimum Gasteiger partial charge on any atom is -0.303 e. The second-order valence-electron chi connectivity index (χ2n) is 7.47. The maximum atomic E-state index is 12.2. The van der Waals surface area contributed by atoms with Crippen LogP contribution in [-0.2, 0) is 4.79 Å². The first-order valence-corrected chi connectivity index (χ1v) is 8.85. The van der Waals surface area contributed by atoms with E-state index >= 15 is 0 Å². The molecule has 0 aromatic rings. The number of hydrogen-bond donors (Lipinski definition) is 0. The molecule has 116 valence electrons. The number of rotatable bonds is 5. The van der Waals surface area contributed by atoms with E-state index in [0.29, 0.717) is 11.7 Å². The summed E-state index contributed by atoms with van der Waals surface area (Å²) in [5.74, 6) is 3.43. The van der Waals surface area contributed by atoms with Gasteiger partial charge in [0.2, 0.25) is 0 Å². The van der Waals surface area contributed by atoms with Gasteiger partial charge in [0, 0.05) is 18.9 Å². The standard InChI is InChI=1S/C18H33NO/c1-4-5-15-6-7-18(20)17(12-15)13-19-10-8-16(9-11-19)14(2)3/h14-17H,4-13H2,1-3H3. The van der Waals surface area contributed by atoms with Gasteiger partial charge in [0.1, 0.15) is 5.78 Å². The van der Waals surface area contributed by atoms with Gasteiger partial charge in [-0.05, 0) is 56.5 Å². The molecule has 0 N–H and O–H groups in total. The molecule has 0 radical (unpaired) electrons. The average Bonchev–Trinajstić information content (AvgIpc) is 2.43. The molecular weight excluding hydrogens is 246 g/mol. The van der Waals surface area contributed by atoms with Crippen LogP contribution < -0.4 is 0 Å². The quantitative estimate of drug-likeness (QED) is 0.754. The lowest BCUT2D eigenvalue weighted by Crippen LogP contribution is -2.41. The number of likely N-dealkylation sites (tertiary alicyclic amines) is 1. The van der Waals surface area contributed by atoms with Gasteiger partial charge in [-0.3, -0.25) is 4.79 Å². The molecule has 0 amide bonds. The summed E-state index contributed by atoms with van der Waals surface area (Å²) in [5.41, 5.74) is 0. The fourth-order valence-corrected chi connectivity index (χ4v) is 4.16. The predicted octanol–water partition coefficient (Wildman–Crippen LogP) is 4.14. The van der Waals surface area contributed by atoms with Gasteiger partial charge in [0.05, 0.1) is 0 Å². The number of hydrogen-bond acceptors (Lipinski definition) is 2. The monoisotopic (exact) mass is 279 g/mol. The van der Waals surface area contributed by atoms with Gasteiger partial charge in [-0.1, -0.05) is 33.6 Å². The van der Waals surface area contributed by atoms with Gasteiger partial charge < -0.3 is 4.90 Å². The maximum Gasteiger partial charge on any atom is 0.137 e. The molecule has 1 heterocycles. The van der Waals surface area contributed by atoms with Crippen LogP contribution in [0.3, 0.4) is 0 Å². The van der Waals surface area contributed by atoms with Crippen LogP contribution in [0.5, 0.6) is 0 Å². The number of Topliss-reactive ketones (excluding diaryl/α,β-unsaturated/α-hetero) is 1. The maximum absolute atomic E-state index is 12.2. The summed E-state index contributed by atoms with van der Waals surface area (Å²) >= 11 is 0. The molecule has 2 fully saturated rings. The summed E-state index contributed by atoms with van der Waals surface area (Å²) in [5, 5.41) is 0. The van der Waals surface area contributed by atoms with Crippen molar-refractivity contribution in [3.05, 3.63) is 0 Å². The van der Waals surface area contributed by atoms with E-state index in [-0.39, 0.29) is 0 Å². The van der Waals surface area contributed by atoms with Gasteiger partial charge in [-0.15, -0.1) is 0 Å². The molecular formula is C18H33NO. The highest BCUT2D eigenvalue weighted by atomic mass is 16.1. The largest absolute Gasteiger partial charge is 0.303 e. The second kappa shape index (κ2) is 7.59. The third-order valence-electron chi connectivity index (χ3n) is 5.62. The van der Waals surface area contributed by atoms with E-state index in [1.165, 1.54) is 38.8 Å². The molecule has 0 spiro atoms. The van der Waals surface area contributed by atoms with Gasteiger partial charge in [0.15, 0.2) is 0 Å². The number of nitrogens with zero attached hydrogens (tertiary/aromatic N) is 1. The predicted molar refractivity (Wildman–Crippen MR) is 84.7 cm³/mol. The number of carbonyl (C=O) groups is 1. The van der Waals surface area contributed by atoms with Crippen molar-refractivity contribution in [3.63, 3.8) is 0 Å². The molecule has 0 aromatic heterocycles. The summed E-state index contributed by atoms with van der Waals surface area (Å²) < 4.78 is 0. The number of carbonyl (C=O) groups excluding carboxylic acids is 1. The smallest absolute Gasteiger partial charge is 0.137 e. The van der Waals surface area contributed by atoms with E-state index in [1.54, 1.807) is 0 Å². The van der Waals surface area contributed by atoms with Crippen LogP contribution in [0.4, 0.5) is 0 Å². The van der Waals surface area contributed by atoms with Crippen molar-refractivity contribution in [1.82, 2.24) is 4.90 Å². The minimum absolute atomic E-state index is 0.343. The zero-order valence-electron chi connectivity index (χ0n) is 13.7. The number of ketones is 1. The van der Waals surface area contributed by atoms with Crippen molar-refractivity contribution in [2.24, 2.45) is 23.7 Å². The van der Waals surface area contributed by atoms with Crippen LogP contribution in [0.2, 0.25) is 0 Å². The van der Waals surface area contributed by atoms with Crippen LogP contribution >= 0.6 is 0 Å². The SMILES string of the molecule is CCCC1CCC(=O)C(CN2CCC(C(C)C)CC2)C1. The van der Waals surface area contributed by atoms with Gasteiger partial charge in [0.25, 0.3) is 0 Å². The first-order valence-electron chi connectivity index (χ1n) is 8.85. The lowest BCUT2D eigenvalue weighted by Gasteiger charge is -2.37. The molecule has 2 unspecified atom stereocenters. The average molecular weight is 279 g/mol. The van der Waals surface area contributed by atoms with E-state index < -0.39 is 0 Å². The highest BCUT2D eigenvalue weighted by Crippen LogP contribution is 2.31. The van der Waals surface area contributed by atoms with Crippen molar-refractivity contribution in [2.45, 2.75) is 65.7 Å². The van der Waals surface area contributed by atoms with Gasteiger partial charge in [-0.2, -0.15) is 0 Å². The Kier molecular flexibility index (Phi) is 6.07. The molecule has 1 saturated carbocycles. The lowest BCUT2D eigenvalue weighted by atomic mass is 9.78. The zero-order chi connectivity index (χ0) is 14.5. The van der Waals surface area contributed by atoms with Crippen molar-refractivity contribution in [2.75, 3.05) is 19.6 Å². The van der Waals surface area contributed by atoms with E-state index in [0.717, 1.165) is 43.6 Å². The molecule has 0 aromatic carbocycles. The van der Waals surface area contributed by atoms with Crippen molar-refractivity contribution >= 4 is 5.78 Å². The topological polar surface area (TPSA) is 20.3 Å². The third-order valence-corrected chi connectivity index (χ3v) is 5.62. The van der Waals surface area contributed by atoms with Gasteiger partial charge >= 0.3 is 0 Å². The highest BCUT2D eigenvalue weighted by Gasteiger charge is 2.31. The molecule has 2 rings (SSSR count). The minimum atomic E-state index is 0.343. The second-order valence-corrected chi connectivity index (χ2v) is 7.47. The normalized spacial score (nSPS) is 30.1. The van der Waals surface area contributed by atoms with Gasteiger partial charge in [-0.25, -0.2) is 0 Å². The van der Waals surface area contributed by atoms with Crippen molar-refractivity contribution < 1.29 is 4.79 Å². The lowest BCUT2D eigenvalue weighted by molar-refractivity contribution is -0.126. The van der Waals surface area contributed by atoms with Crippen LogP contribution in [-0.4, -0.2) is 30.3 Å². The fourth-order valence-electron chi connectivity index (χ4n) is 4.16. The molecule has 2 heteroatoms. The molecule has 1 aliphatic heterocycles. The third kappa shape index (κ3) is 4.31. The Morgan fingerprint density at radius 1 is 1.20 bits per heavy atom. The Labute approximate surface area is 125 Å².